The topological polar surface area (TPSA) is 82.0 Å². The number of carbonyl (C=O) groups is 1. The molecule has 3 fully saturated rings. The molecule has 6 nitrogen and oxygen atoms in total. The van der Waals surface area contributed by atoms with Crippen molar-refractivity contribution in [3.8, 4) is 11.5 Å². The second-order valence-electron chi connectivity index (χ2n) is 9.64. The van der Waals surface area contributed by atoms with Gasteiger partial charge in [0.1, 0.15) is 6.10 Å². The van der Waals surface area contributed by atoms with Crippen molar-refractivity contribution in [2.24, 2.45) is 5.92 Å². The van der Waals surface area contributed by atoms with Gasteiger partial charge < -0.3 is 20.3 Å². The van der Waals surface area contributed by atoms with Crippen molar-refractivity contribution >= 4 is 5.91 Å². The number of piperidine rings is 1. The average molecular weight is 384 g/mol. The Bertz CT molecular complexity index is 868. The molecule has 1 aromatic carbocycles. The number of nitrogens with zero attached hydrogens (tertiary/aromatic N) is 1. The molecule has 2 heterocycles. The zero-order valence-corrected chi connectivity index (χ0v) is 16.3. The Morgan fingerprint density at radius 2 is 2.14 bits per heavy atom. The van der Waals surface area contributed by atoms with E-state index in [0.29, 0.717) is 18.6 Å². The average Bonchev–Trinajstić information content (AvgIpc) is 3.38. The van der Waals surface area contributed by atoms with Crippen LogP contribution in [0.4, 0.5) is 0 Å². The molecule has 1 spiro atoms. The van der Waals surface area contributed by atoms with E-state index >= 15 is 0 Å². The lowest BCUT2D eigenvalue weighted by Gasteiger charge is -2.64. The maximum Gasteiger partial charge on any atom is 0.217 e. The maximum atomic E-state index is 12.2. The van der Waals surface area contributed by atoms with Crippen LogP contribution in [0.5, 0.6) is 11.5 Å². The Morgan fingerprint density at radius 1 is 1.32 bits per heavy atom. The third-order valence-corrected chi connectivity index (χ3v) is 8.15. The van der Waals surface area contributed by atoms with E-state index in [4.69, 9.17) is 4.74 Å². The van der Waals surface area contributed by atoms with Crippen LogP contribution in [-0.4, -0.2) is 57.9 Å². The zero-order valence-electron chi connectivity index (χ0n) is 16.3. The summed E-state index contributed by atoms with van der Waals surface area (Å²) >= 11 is 0. The minimum atomic E-state index is -0.883. The summed E-state index contributed by atoms with van der Waals surface area (Å²) in [5.41, 5.74) is 0.766. The second-order valence-corrected chi connectivity index (χ2v) is 9.64. The Morgan fingerprint density at radius 3 is 2.89 bits per heavy atom. The molecule has 150 valence electrons. The molecule has 3 N–H and O–H groups in total. The Hall–Kier alpha value is -1.79. The van der Waals surface area contributed by atoms with E-state index in [0.717, 1.165) is 37.4 Å². The molecular formula is C22H28N2O4. The Labute approximate surface area is 164 Å². The summed E-state index contributed by atoms with van der Waals surface area (Å²) in [6, 6.07) is 3.66. The highest BCUT2D eigenvalue weighted by molar-refractivity contribution is 5.73. The Balaban J connectivity index is 1.52. The van der Waals surface area contributed by atoms with Gasteiger partial charge in [0.15, 0.2) is 11.5 Å². The molecule has 0 unspecified atom stereocenters. The number of carbonyl (C=O) groups excluding carboxylic acids is 1. The number of likely N-dealkylation sites (tertiary alicyclic amines) is 1. The normalized spacial score (nSPS) is 40.6. The first-order chi connectivity index (χ1) is 13.4. The van der Waals surface area contributed by atoms with E-state index in [2.05, 4.69) is 10.2 Å². The number of aliphatic hydroxyl groups is 1. The predicted octanol–water partition coefficient (Wildman–Crippen LogP) is 1.46. The van der Waals surface area contributed by atoms with E-state index in [9.17, 15) is 15.0 Å². The Kier molecular flexibility index (Phi) is 3.31. The predicted molar refractivity (Wildman–Crippen MR) is 102 cm³/mol. The lowest BCUT2D eigenvalue weighted by atomic mass is 9.48. The highest BCUT2D eigenvalue weighted by atomic mass is 16.5. The summed E-state index contributed by atoms with van der Waals surface area (Å²) < 4.78 is 6.37. The second kappa shape index (κ2) is 5.42. The van der Waals surface area contributed by atoms with E-state index in [1.165, 1.54) is 25.3 Å². The van der Waals surface area contributed by atoms with Gasteiger partial charge in [-0.15, -0.1) is 0 Å². The van der Waals surface area contributed by atoms with Crippen molar-refractivity contribution in [3.63, 3.8) is 0 Å². The smallest absolute Gasteiger partial charge is 0.217 e. The summed E-state index contributed by atoms with van der Waals surface area (Å²) in [5, 5.41) is 25.8. The van der Waals surface area contributed by atoms with Gasteiger partial charge in [0.05, 0.1) is 17.1 Å². The zero-order chi connectivity index (χ0) is 19.3. The molecule has 3 aliphatic carbocycles. The van der Waals surface area contributed by atoms with Crippen molar-refractivity contribution in [1.82, 2.24) is 10.2 Å². The van der Waals surface area contributed by atoms with Crippen LogP contribution in [-0.2, 0) is 16.6 Å². The lowest BCUT2D eigenvalue weighted by molar-refractivity contribution is -0.192. The summed E-state index contributed by atoms with van der Waals surface area (Å²) in [5.74, 6) is 1.38. The molecule has 2 bridgehead atoms. The quantitative estimate of drug-likeness (QED) is 0.735. The number of rotatable bonds is 3. The molecule has 1 saturated heterocycles. The number of nitrogens with one attached hydrogen (secondary N) is 1. The number of phenolic OH excluding ortho intramolecular Hbond substituents is 1. The summed E-state index contributed by atoms with van der Waals surface area (Å²) in [4.78, 5) is 14.4. The van der Waals surface area contributed by atoms with Gasteiger partial charge in [-0.05, 0) is 62.6 Å². The van der Waals surface area contributed by atoms with Crippen molar-refractivity contribution in [2.45, 2.75) is 74.7 Å². The van der Waals surface area contributed by atoms with Crippen molar-refractivity contribution < 1.29 is 19.7 Å². The standard InChI is InChI=1S/C22H28N2O4/c1-12(25)23-15-6-7-22(27)17-10-14-4-5-16(26)19-18(14)21(22,20(15)28-19)8-9-24(17)11-13-2-3-13/h4-5,13,15,17,20,26-27H,2-3,6-11H2,1H3,(H,23,25)/t15-,17-,20+,21+,22-/m1/s1. The van der Waals surface area contributed by atoms with Gasteiger partial charge in [-0.3, -0.25) is 9.69 Å². The van der Waals surface area contributed by atoms with Gasteiger partial charge >= 0.3 is 0 Å². The number of hydrogen-bond acceptors (Lipinski definition) is 5. The first kappa shape index (κ1) is 17.1. The number of benzene rings is 1. The van der Waals surface area contributed by atoms with E-state index < -0.39 is 11.0 Å². The van der Waals surface area contributed by atoms with Gasteiger partial charge in [-0.2, -0.15) is 0 Å². The van der Waals surface area contributed by atoms with Crippen LogP contribution in [0.3, 0.4) is 0 Å². The van der Waals surface area contributed by atoms with Gasteiger partial charge in [0.2, 0.25) is 5.91 Å². The summed E-state index contributed by atoms with van der Waals surface area (Å²) in [6.07, 6.45) is 5.22. The minimum Gasteiger partial charge on any atom is -0.504 e. The summed E-state index contributed by atoms with van der Waals surface area (Å²) in [7, 11) is 0. The third kappa shape index (κ3) is 1.98. The number of aromatic hydroxyl groups is 1. The molecular weight excluding hydrogens is 356 g/mol. The monoisotopic (exact) mass is 384 g/mol. The van der Waals surface area contributed by atoms with Crippen LogP contribution in [0.15, 0.2) is 12.1 Å². The minimum absolute atomic E-state index is 0.0747. The molecule has 6 rings (SSSR count). The molecule has 1 amide bonds. The van der Waals surface area contributed by atoms with E-state index in [-0.39, 0.29) is 29.8 Å². The molecule has 28 heavy (non-hydrogen) atoms. The fourth-order valence-electron chi connectivity index (χ4n) is 6.89. The van der Waals surface area contributed by atoms with Gasteiger partial charge in [-0.1, -0.05) is 6.07 Å². The van der Waals surface area contributed by atoms with Crippen LogP contribution in [0.1, 0.15) is 50.2 Å². The number of amides is 1. The molecule has 5 atom stereocenters. The van der Waals surface area contributed by atoms with Gasteiger partial charge in [0.25, 0.3) is 0 Å². The van der Waals surface area contributed by atoms with Crippen LogP contribution in [0.2, 0.25) is 0 Å². The first-order valence-corrected chi connectivity index (χ1v) is 10.7. The van der Waals surface area contributed by atoms with Crippen LogP contribution in [0.25, 0.3) is 0 Å². The largest absolute Gasteiger partial charge is 0.504 e. The molecule has 2 saturated carbocycles. The number of hydrogen-bond donors (Lipinski definition) is 3. The molecule has 2 aliphatic heterocycles. The summed E-state index contributed by atoms with van der Waals surface area (Å²) in [6.45, 7) is 3.54. The maximum absolute atomic E-state index is 12.2. The van der Waals surface area contributed by atoms with Crippen LogP contribution >= 0.6 is 0 Å². The van der Waals surface area contributed by atoms with Crippen LogP contribution < -0.4 is 10.1 Å². The van der Waals surface area contributed by atoms with Gasteiger partial charge in [0, 0.05) is 25.1 Å². The van der Waals surface area contributed by atoms with E-state index in [1.807, 2.05) is 6.07 Å². The molecule has 6 heteroatoms. The van der Waals surface area contributed by atoms with Crippen LogP contribution in [0, 0.1) is 5.92 Å². The fraction of sp³-hybridized carbons (Fsp3) is 0.682. The fourth-order valence-corrected chi connectivity index (χ4v) is 6.89. The molecule has 1 aromatic rings. The highest BCUT2D eigenvalue weighted by Gasteiger charge is 2.73. The number of phenols is 1. The lowest BCUT2D eigenvalue weighted by Crippen LogP contribution is -2.78. The molecule has 0 aromatic heterocycles. The third-order valence-electron chi connectivity index (χ3n) is 8.15. The van der Waals surface area contributed by atoms with E-state index in [1.54, 1.807) is 6.07 Å². The van der Waals surface area contributed by atoms with Crippen molar-refractivity contribution in [3.05, 3.63) is 23.3 Å². The van der Waals surface area contributed by atoms with Crippen molar-refractivity contribution in [2.75, 3.05) is 13.1 Å². The number of ether oxygens (including phenoxy) is 1. The molecule has 0 radical (unpaired) electrons. The SMILES string of the molecule is CC(=O)N[C@@H]1CC[C@@]2(O)[C@H]3Cc4ccc(O)c5c4[C@@]2(CCN3CC2CC2)[C@H]1O5. The highest BCUT2D eigenvalue weighted by Crippen LogP contribution is 2.65. The van der Waals surface area contributed by atoms with Gasteiger partial charge in [-0.25, -0.2) is 0 Å². The molecule has 5 aliphatic rings. The van der Waals surface area contributed by atoms with Crippen molar-refractivity contribution in [1.29, 1.82) is 0 Å². The first-order valence-electron chi connectivity index (χ1n) is 10.7.